The number of nitrogens with zero attached hydrogens (tertiary/aromatic N) is 1. The van der Waals surface area contributed by atoms with Crippen molar-refractivity contribution in [3.8, 4) is 0 Å². The van der Waals surface area contributed by atoms with Gasteiger partial charge in [0.15, 0.2) is 0 Å². The molecule has 0 aliphatic carbocycles. The molecule has 1 heterocycles. The van der Waals surface area contributed by atoms with Crippen LogP contribution in [0.3, 0.4) is 0 Å². The lowest BCUT2D eigenvalue weighted by molar-refractivity contribution is 1.29. The molecule has 0 aliphatic rings. The maximum absolute atomic E-state index is 4.37. The van der Waals surface area contributed by atoms with E-state index in [0.29, 0.717) is 0 Å². The number of hydrogen-bond acceptors (Lipinski definition) is 1. The van der Waals surface area contributed by atoms with E-state index in [0.717, 1.165) is 0 Å². The smallest absolute Gasteiger partial charge is 0.110 e. The topological polar surface area (TPSA) is 12.9 Å². The largest absolute Gasteiger partial charge is 0.266 e. The van der Waals surface area contributed by atoms with Gasteiger partial charge in [0, 0.05) is 11.5 Å². The summed E-state index contributed by atoms with van der Waals surface area (Å²) >= 11 is 0. The van der Waals surface area contributed by atoms with E-state index >= 15 is 0 Å². The molecule has 0 spiro atoms. The van der Waals surface area contributed by atoms with Crippen molar-refractivity contribution in [1.82, 2.24) is 4.98 Å². The summed E-state index contributed by atoms with van der Waals surface area (Å²) in [7, 11) is -0.312. The molecule has 0 amide bonds. The highest BCUT2D eigenvalue weighted by molar-refractivity contribution is 6.72. The van der Waals surface area contributed by atoms with Crippen molar-refractivity contribution >= 4 is 14.1 Å². The first-order valence-electron chi connectivity index (χ1n) is 4.14. The number of aromatic nitrogens is 1. The molecule has 0 aromatic carbocycles. The fourth-order valence-electron chi connectivity index (χ4n) is 1.18. The lowest BCUT2D eigenvalue weighted by Gasteiger charge is -2.07. The lowest BCUT2D eigenvalue weighted by atomic mass is 10.5. The molecule has 1 rings (SSSR count). The third kappa shape index (κ3) is 2.15. The van der Waals surface area contributed by atoms with Crippen molar-refractivity contribution in [2.45, 2.75) is 25.9 Å². The predicted octanol–water partition coefficient (Wildman–Crippen LogP) is 1.82. The quantitative estimate of drug-likeness (QED) is 0.621. The second-order valence-corrected chi connectivity index (χ2v) is 5.66. The van der Waals surface area contributed by atoms with Crippen LogP contribution in [0.15, 0.2) is 24.4 Å². The van der Waals surface area contributed by atoms with Gasteiger partial charge in [-0.2, -0.15) is 0 Å². The maximum atomic E-state index is 4.37. The van der Waals surface area contributed by atoms with Gasteiger partial charge in [-0.3, -0.25) is 4.98 Å². The molecule has 2 heteroatoms. The highest BCUT2D eigenvalue weighted by atomic mass is 28.3. The van der Waals surface area contributed by atoms with E-state index in [9.17, 15) is 0 Å². The van der Waals surface area contributed by atoms with Crippen LogP contribution >= 0.6 is 0 Å². The Bertz CT molecular complexity index is 194. The van der Waals surface area contributed by atoms with Gasteiger partial charge >= 0.3 is 0 Å². The molecule has 1 aromatic heterocycles. The zero-order valence-electron chi connectivity index (χ0n) is 7.17. The molecule has 11 heavy (non-hydrogen) atoms. The third-order valence-corrected chi connectivity index (χ3v) is 4.61. The van der Waals surface area contributed by atoms with Crippen LogP contribution in [-0.2, 0) is 0 Å². The van der Waals surface area contributed by atoms with Gasteiger partial charge in [0.25, 0.3) is 0 Å². The Kier molecular flexibility index (Phi) is 3.30. The third-order valence-electron chi connectivity index (χ3n) is 1.88. The number of pyridine rings is 1. The maximum Gasteiger partial charge on any atom is 0.110 e. The van der Waals surface area contributed by atoms with E-state index in [1.165, 1.54) is 17.4 Å². The minimum absolute atomic E-state index is 0.312. The standard InChI is InChI=1S/C9H14NSi/c1-3-11(4-2)9-7-5-6-8-10-9/h5-8H,3-4H2,1-2H3. The van der Waals surface area contributed by atoms with Crippen LogP contribution in [0.1, 0.15) is 13.8 Å². The molecule has 0 bridgehead atoms. The lowest BCUT2D eigenvalue weighted by Crippen LogP contribution is -2.30. The molecule has 59 valence electrons. The van der Waals surface area contributed by atoms with E-state index in [2.05, 4.69) is 31.0 Å². The van der Waals surface area contributed by atoms with Gasteiger partial charge in [-0.25, -0.2) is 0 Å². The monoisotopic (exact) mass is 164 g/mol. The molecule has 0 saturated heterocycles. The van der Waals surface area contributed by atoms with E-state index < -0.39 is 0 Å². The minimum atomic E-state index is -0.312. The molecule has 1 radical (unpaired) electrons. The highest BCUT2D eigenvalue weighted by Gasteiger charge is 2.08. The van der Waals surface area contributed by atoms with Gasteiger partial charge in [-0.05, 0) is 12.1 Å². The van der Waals surface area contributed by atoms with Gasteiger partial charge < -0.3 is 0 Å². The molecule has 0 fully saturated rings. The SMILES string of the molecule is CC[Si](CC)c1ccccn1. The van der Waals surface area contributed by atoms with Crippen LogP contribution in [0.25, 0.3) is 0 Å². The fraction of sp³-hybridized carbons (Fsp3) is 0.444. The molecular weight excluding hydrogens is 150 g/mol. The van der Waals surface area contributed by atoms with Gasteiger partial charge in [0.05, 0.1) is 0 Å². The second kappa shape index (κ2) is 4.29. The first-order chi connectivity index (χ1) is 5.38. The normalized spacial score (nSPS) is 10.5. The first-order valence-corrected chi connectivity index (χ1v) is 6.06. The van der Waals surface area contributed by atoms with Crippen molar-refractivity contribution < 1.29 is 0 Å². The van der Waals surface area contributed by atoms with Crippen LogP contribution in [0.2, 0.25) is 12.1 Å². The average Bonchev–Trinajstić information content (AvgIpc) is 2.09. The van der Waals surface area contributed by atoms with Gasteiger partial charge in [0.2, 0.25) is 0 Å². The minimum Gasteiger partial charge on any atom is -0.266 e. The van der Waals surface area contributed by atoms with Gasteiger partial charge in [-0.1, -0.05) is 32.0 Å². The molecule has 0 aliphatic heterocycles. The Hall–Kier alpha value is -0.633. The summed E-state index contributed by atoms with van der Waals surface area (Å²) in [6.45, 7) is 4.51. The number of hydrogen-bond donors (Lipinski definition) is 0. The van der Waals surface area contributed by atoms with Crippen molar-refractivity contribution in [2.75, 3.05) is 0 Å². The molecule has 0 N–H and O–H groups in total. The Morgan fingerprint density at radius 1 is 1.27 bits per heavy atom. The van der Waals surface area contributed by atoms with E-state index in [1.807, 2.05) is 12.3 Å². The van der Waals surface area contributed by atoms with Crippen molar-refractivity contribution in [1.29, 1.82) is 0 Å². The number of rotatable bonds is 3. The molecule has 1 aromatic rings. The first kappa shape index (κ1) is 8.46. The van der Waals surface area contributed by atoms with E-state index in [-0.39, 0.29) is 8.80 Å². The van der Waals surface area contributed by atoms with Crippen LogP contribution < -0.4 is 5.32 Å². The summed E-state index contributed by atoms with van der Waals surface area (Å²) in [5, 5.41) is 1.34. The molecular formula is C9H14NSi. The summed E-state index contributed by atoms with van der Waals surface area (Å²) in [5.74, 6) is 0. The fourth-order valence-corrected chi connectivity index (χ4v) is 3.00. The Labute approximate surface area is 70.1 Å². The highest BCUT2D eigenvalue weighted by Crippen LogP contribution is 1.96. The Morgan fingerprint density at radius 2 is 2.00 bits per heavy atom. The molecule has 1 nitrogen and oxygen atoms in total. The van der Waals surface area contributed by atoms with Crippen molar-refractivity contribution in [3.05, 3.63) is 24.4 Å². The summed E-state index contributed by atoms with van der Waals surface area (Å²) in [4.78, 5) is 4.37. The molecule has 0 unspecified atom stereocenters. The van der Waals surface area contributed by atoms with Crippen LogP contribution in [-0.4, -0.2) is 13.8 Å². The van der Waals surface area contributed by atoms with Crippen LogP contribution in [0.5, 0.6) is 0 Å². The summed E-state index contributed by atoms with van der Waals surface area (Å²) in [6.07, 6.45) is 1.89. The molecule has 0 atom stereocenters. The van der Waals surface area contributed by atoms with Gasteiger partial charge in [0.1, 0.15) is 8.80 Å². The predicted molar refractivity (Wildman–Crippen MR) is 50.6 cm³/mol. The Morgan fingerprint density at radius 3 is 2.45 bits per heavy atom. The van der Waals surface area contributed by atoms with Gasteiger partial charge in [-0.15, -0.1) is 0 Å². The van der Waals surface area contributed by atoms with E-state index in [1.54, 1.807) is 0 Å². The van der Waals surface area contributed by atoms with Crippen LogP contribution in [0, 0.1) is 0 Å². The average molecular weight is 164 g/mol. The summed E-state index contributed by atoms with van der Waals surface area (Å²) in [5.41, 5.74) is 0. The summed E-state index contributed by atoms with van der Waals surface area (Å²) < 4.78 is 0. The van der Waals surface area contributed by atoms with E-state index in [4.69, 9.17) is 0 Å². The summed E-state index contributed by atoms with van der Waals surface area (Å²) in [6, 6.07) is 8.80. The second-order valence-electron chi connectivity index (χ2n) is 2.53. The Balaban J connectivity index is 2.74. The zero-order valence-corrected chi connectivity index (χ0v) is 8.17. The van der Waals surface area contributed by atoms with Crippen molar-refractivity contribution in [2.24, 2.45) is 0 Å². The zero-order chi connectivity index (χ0) is 8.10. The molecule has 0 saturated carbocycles. The van der Waals surface area contributed by atoms with Crippen LogP contribution in [0.4, 0.5) is 0 Å². The van der Waals surface area contributed by atoms with Crippen molar-refractivity contribution in [3.63, 3.8) is 0 Å².